The number of halogens is 2. The summed E-state index contributed by atoms with van der Waals surface area (Å²) in [7, 11) is 0. The Labute approximate surface area is 178 Å². The summed E-state index contributed by atoms with van der Waals surface area (Å²) in [6.45, 7) is 2.84. The van der Waals surface area contributed by atoms with E-state index in [-0.39, 0.29) is 12.4 Å². The first-order valence-corrected chi connectivity index (χ1v) is 10.8. The third kappa shape index (κ3) is 6.10. The van der Waals surface area contributed by atoms with Crippen LogP contribution in [0, 0.1) is 5.82 Å². The Bertz CT molecular complexity index is 847. The fourth-order valence-corrected chi connectivity index (χ4v) is 3.49. The van der Waals surface area contributed by atoms with E-state index in [4.69, 9.17) is 9.47 Å². The smallest absolute Gasteiger partial charge is 0.224 e. The first kappa shape index (κ1) is 22.4. The topological polar surface area (TPSA) is 18.5 Å². The highest BCUT2D eigenvalue weighted by atomic mass is 19.1. The summed E-state index contributed by atoms with van der Waals surface area (Å²) in [4.78, 5) is 0. The van der Waals surface area contributed by atoms with Gasteiger partial charge in [0.2, 0.25) is 5.79 Å². The average molecular weight is 413 g/mol. The van der Waals surface area contributed by atoms with Gasteiger partial charge in [0.1, 0.15) is 5.82 Å². The molecule has 0 fully saturated rings. The third-order valence-electron chi connectivity index (χ3n) is 5.25. The number of rotatable bonds is 11. The molecule has 0 saturated heterocycles. The van der Waals surface area contributed by atoms with Gasteiger partial charge in [0.25, 0.3) is 0 Å². The van der Waals surface area contributed by atoms with E-state index in [9.17, 15) is 4.39 Å². The number of hydrogen-bond acceptors (Lipinski definition) is 2. The van der Waals surface area contributed by atoms with Gasteiger partial charge in [-0.1, -0.05) is 81.1 Å². The molecule has 160 valence electrons. The number of ether oxygens (including phenoxy) is 2. The van der Waals surface area contributed by atoms with Crippen molar-refractivity contribution >= 4 is 5.57 Å². The van der Waals surface area contributed by atoms with Gasteiger partial charge in [-0.25, -0.2) is 8.78 Å². The summed E-state index contributed by atoms with van der Waals surface area (Å²) in [5.41, 5.74) is 2.20. The van der Waals surface area contributed by atoms with Crippen molar-refractivity contribution in [3.8, 4) is 0 Å². The zero-order chi connectivity index (χ0) is 21.2. The Balaban J connectivity index is 1.71. The first-order chi connectivity index (χ1) is 14.6. The molecule has 4 heteroatoms. The fourth-order valence-electron chi connectivity index (χ4n) is 3.49. The van der Waals surface area contributed by atoms with Crippen LogP contribution in [0.2, 0.25) is 0 Å². The van der Waals surface area contributed by atoms with Crippen molar-refractivity contribution in [1.29, 1.82) is 0 Å². The van der Waals surface area contributed by atoms with E-state index in [1.807, 2.05) is 30.3 Å². The van der Waals surface area contributed by atoms with Crippen LogP contribution >= 0.6 is 0 Å². The quantitative estimate of drug-likeness (QED) is 0.292. The van der Waals surface area contributed by atoms with E-state index in [0.717, 1.165) is 24.8 Å². The van der Waals surface area contributed by atoms with E-state index in [2.05, 4.69) is 6.92 Å². The molecule has 1 aliphatic carbocycles. The lowest BCUT2D eigenvalue weighted by Crippen LogP contribution is -2.44. The molecule has 0 N–H and O–H groups in total. The summed E-state index contributed by atoms with van der Waals surface area (Å²) in [6, 6.07) is 15.8. The monoisotopic (exact) mass is 412 g/mol. The third-order valence-corrected chi connectivity index (χ3v) is 5.25. The highest BCUT2D eigenvalue weighted by Crippen LogP contribution is 2.34. The predicted octanol–water partition coefficient (Wildman–Crippen LogP) is 7.02. The summed E-state index contributed by atoms with van der Waals surface area (Å²) in [6.07, 6.45) is 8.77. The summed E-state index contributed by atoms with van der Waals surface area (Å²) in [5.74, 6) is -1.82. The minimum atomic E-state index is -1.50. The van der Waals surface area contributed by atoms with E-state index < -0.39 is 12.0 Å². The largest absolute Gasteiger partial charge is 0.344 e. The van der Waals surface area contributed by atoms with Gasteiger partial charge in [-0.3, -0.25) is 0 Å². The maximum Gasteiger partial charge on any atom is 0.224 e. The summed E-state index contributed by atoms with van der Waals surface area (Å²) < 4.78 is 41.0. The van der Waals surface area contributed by atoms with Crippen LogP contribution in [0.1, 0.15) is 50.2 Å². The van der Waals surface area contributed by atoms with Crippen LogP contribution in [-0.2, 0) is 16.1 Å². The molecule has 0 bridgehead atoms. The van der Waals surface area contributed by atoms with Crippen molar-refractivity contribution < 1.29 is 18.3 Å². The lowest BCUT2D eigenvalue weighted by atomic mass is 9.94. The van der Waals surface area contributed by atoms with Crippen LogP contribution < -0.4 is 0 Å². The lowest BCUT2D eigenvalue weighted by Gasteiger charge is -2.35. The Morgan fingerprint density at radius 1 is 0.933 bits per heavy atom. The number of alkyl halides is 1. The molecule has 0 aliphatic heterocycles. The molecule has 2 nitrogen and oxygen atoms in total. The maximum atomic E-state index is 15.4. The van der Waals surface area contributed by atoms with Gasteiger partial charge in [-0.05, 0) is 47.4 Å². The van der Waals surface area contributed by atoms with E-state index in [1.165, 1.54) is 31.1 Å². The van der Waals surface area contributed by atoms with Gasteiger partial charge < -0.3 is 9.47 Å². The highest BCUT2D eigenvalue weighted by molar-refractivity contribution is 5.76. The normalized spacial score (nSPS) is 20.9. The molecular formula is C26H30F2O2. The zero-order valence-corrected chi connectivity index (χ0v) is 17.5. The molecule has 0 radical (unpaired) electrons. The van der Waals surface area contributed by atoms with Crippen molar-refractivity contribution in [3.63, 3.8) is 0 Å². The van der Waals surface area contributed by atoms with E-state index in [0.29, 0.717) is 17.7 Å². The molecule has 2 aromatic carbocycles. The molecule has 2 atom stereocenters. The molecule has 2 aromatic rings. The average Bonchev–Trinajstić information content (AvgIpc) is 2.77. The Morgan fingerprint density at radius 3 is 2.47 bits per heavy atom. The van der Waals surface area contributed by atoms with Crippen LogP contribution in [0.25, 0.3) is 5.57 Å². The first-order valence-electron chi connectivity index (χ1n) is 10.8. The van der Waals surface area contributed by atoms with E-state index in [1.54, 1.807) is 24.3 Å². The van der Waals surface area contributed by atoms with Gasteiger partial charge in [0.05, 0.1) is 13.2 Å². The minimum Gasteiger partial charge on any atom is -0.344 e. The van der Waals surface area contributed by atoms with Crippen LogP contribution in [0.5, 0.6) is 0 Å². The van der Waals surface area contributed by atoms with Crippen LogP contribution in [0.4, 0.5) is 8.78 Å². The van der Waals surface area contributed by atoms with Crippen molar-refractivity contribution in [2.75, 3.05) is 6.61 Å². The van der Waals surface area contributed by atoms with Gasteiger partial charge in [-0.2, -0.15) is 0 Å². The number of allylic oxidation sites excluding steroid dienone is 2. The SMILES string of the molecule is CCCCCCCOC1(OCc2ccccc2)C=CC(c2cccc(F)c2)=CC1F. The Hall–Kier alpha value is -2.30. The van der Waals surface area contributed by atoms with Crippen molar-refractivity contribution in [2.24, 2.45) is 0 Å². The summed E-state index contributed by atoms with van der Waals surface area (Å²) in [5, 5.41) is 0. The van der Waals surface area contributed by atoms with Gasteiger partial charge in [0.15, 0.2) is 6.17 Å². The second-order valence-electron chi connectivity index (χ2n) is 7.63. The maximum absolute atomic E-state index is 15.4. The van der Waals surface area contributed by atoms with Crippen LogP contribution in [-0.4, -0.2) is 18.6 Å². The van der Waals surface area contributed by atoms with Crippen LogP contribution in [0.3, 0.4) is 0 Å². The Morgan fingerprint density at radius 2 is 1.73 bits per heavy atom. The van der Waals surface area contributed by atoms with Crippen molar-refractivity contribution in [1.82, 2.24) is 0 Å². The predicted molar refractivity (Wildman–Crippen MR) is 117 cm³/mol. The fraction of sp³-hybridized carbons (Fsp3) is 0.385. The van der Waals surface area contributed by atoms with E-state index >= 15 is 4.39 Å². The van der Waals surface area contributed by atoms with Crippen molar-refractivity contribution in [2.45, 2.75) is 57.6 Å². The molecule has 2 unspecified atom stereocenters. The molecule has 3 rings (SSSR count). The lowest BCUT2D eigenvalue weighted by molar-refractivity contribution is -0.235. The van der Waals surface area contributed by atoms with Gasteiger partial charge >= 0.3 is 0 Å². The zero-order valence-electron chi connectivity index (χ0n) is 17.5. The number of hydrogen-bond donors (Lipinski definition) is 0. The molecule has 0 saturated carbocycles. The molecule has 30 heavy (non-hydrogen) atoms. The second-order valence-corrected chi connectivity index (χ2v) is 7.63. The van der Waals surface area contributed by atoms with Gasteiger partial charge in [-0.15, -0.1) is 0 Å². The molecule has 0 aromatic heterocycles. The number of benzene rings is 2. The molecular weight excluding hydrogens is 382 g/mol. The Kier molecular flexibility index (Phi) is 8.35. The summed E-state index contributed by atoms with van der Waals surface area (Å²) >= 11 is 0. The molecule has 1 aliphatic rings. The number of unbranched alkanes of at least 4 members (excludes halogenated alkanes) is 4. The minimum absolute atomic E-state index is 0.241. The van der Waals surface area contributed by atoms with Crippen molar-refractivity contribution in [3.05, 3.63) is 89.8 Å². The standard InChI is InChI=1S/C26H30F2O2/c1-2-3-4-5-9-17-29-26(30-20-21-11-7-6-8-12-21)16-15-23(19-25(26)28)22-13-10-14-24(27)18-22/h6-8,10-16,18-19,25H,2-5,9,17,20H2,1H3. The van der Waals surface area contributed by atoms with Crippen LogP contribution in [0.15, 0.2) is 72.8 Å². The molecule has 0 spiro atoms. The van der Waals surface area contributed by atoms with Gasteiger partial charge in [0, 0.05) is 0 Å². The highest BCUT2D eigenvalue weighted by Gasteiger charge is 2.40. The second kappa shape index (κ2) is 11.2. The molecule has 0 amide bonds. The molecule has 0 heterocycles.